The third-order valence-electron chi connectivity index (χ3n) is 3.98. The predicted octanol–water partition coefficient (Wildman–Crippen LogP) is 2.16. The molecule has 0 aromatic rings. The second-order valence-corrected chi connectivity index (χ2v) is 6.41. The number of carbonyl (C=O) groups excluding carboxylic acids is 1. The SMILES string of the molecule is CC(C)(C)OC(=O)N1CCC2(CCC2)[C@@H](O)C1. The van der Waals surface area contributed by atoms with Gasteiger partial charge in [-0.15, -0.1) is 0 Å². The van der Waals surface area contributed by atoms with E-state index in [1.807, 2.05) is 20.8 Å². The van der Waals surface area contributed by atoms with Gasteiger partial charge in [0.1, 0.15) is 5.60 Å². The Morgan fingerprint density at radius 1 is 1.35 bits per heavy atom. The Hall–Kier alpha value is -0.770. The van der Waals surface area contributed by atoms with Crippen LogP contribution in [0.1, 0.15) is 46.5 Å². The molecule has 1 aliphatic heterocycles. The van der Waals surface area contributed by atoms with E-state index in [0.29, 0.717) is 13.1 Å². The van der Waals surface area contributed by atoms with Gasteiger partial charge in [0.05, 0.1) is 12.6 Å². The molecule has 1 heterocycles. The molecule has 4 nitrogen and oxygen atoms in total. The number of aliphatic hydroxyl groups is 1. The fraction of sp³-hybridized carbons (Fsp3) is 0.923. The van der Waals surface area contributed by atoms with Crippen molar-refractivity contribution in [3.8, 4) is 0 Å². The van der Waals surface area contributed by atoms with E-state index >= 15 is 0 Å². The number of carbonyl (C=O) groups is 1. The second-order valence-electron chi connectivity index (χ2n) is 6.41. The molecule has 2 rings (SSSR count). The van der Waals surface area contributed by atoms with E-state index < -0.39 is 5.60 Å². The Bertz CT molecular complexity index is 304. The number of hydrogen-bond donors (Lipinski definition) is 1. The monoisotopic (exact) mass is 241 g/mol. The molecule has 1 amide bonds. The maximum absolute atomic E-state index is 11.9. The van der Waals surface area contributed by atoms with Gasteiger partial charge in [-0.05, 0) is 45.4 Å². The molecule has 0 aromatic heterocycles. The van der Waals surface area contributed by atoms with Crippen LogP contribution < -0.4 is 0 Å². The molecule has 2 fully saturated rings. The number of aliphatic hydroxyl groups excluding tert-OH is 1. The van der Waals surface area contributed by atoms with Crippen LogP contribution in [0.5, 0.6) is 0 Å². The van der Waals surface area contributed by atoms with Gasteiger partial charge in [-0.25, -0.2) is 4.79 Å². The summed E-state index contributed by atoms with van der Waals surface area (Å²) in [6.07, 6.45) is 3.66. The molecule has 2 aliphatic rings. The molecule has 0 unspecified atom stereocenters. The molecule has 1 spiro atoms. The van der Waals surface area contributed by atoms with Crippen molar-refractivity contribution < 1.29 is 14.6 Å². The zero-order chi connectivity index (χ0) is 12.7. The van der Waals surface area contributed by atoms with Gasteiger partial charge in [-0.2, -0.15) is 0 Å². The van der Waals surface area contributed by atoms with Crippen molar-refractivity contribution in [2.75, 3.05) is 13.1 Å². The summed E-state index contributed by atoms with van der Waals surface area (Å²) in [4.78, 5) is 13.5. The lowest BCUT2D eigenvalue weighted by Crippen LogP contribution is -2.55. The molecule has 17 heavy (non-hydrogen) atoms. The first kappa shape index (κ1) is 12.7. The molecular formula is C13H23NO3. The van der Waals surface area contributed by atoms with E-state index in [4.69, 9.17) is 4.74 Å². The number of nitrogens with zero attached hydrogens (tertiary/aromatic N) is 1. The highest BCUT2D eigenvalue weighted by atomic mass is 16.6. The van der Waals surface area contributed by atoms with Crippen LogP contribution in [0, 0.1) is 5.41 Å². The van der Waals surface area contributed by atoms with Crippen molar-refractivity contribution in [2.45, 2.75) is 58.2 Å². The molecular weight excluding hydrogens is 218 g/mol. The van der Waals surface area contributed by atoms with Crippen molar-refractivity contribution in [3.63, 3.8) is 0 Å². The summed E-state index contributed by atoms with van der Waals surface area (Å²) in [5.74, 6) is 0. The van der Waals surface area contributed by atoms with Gasteiger partial charge in [-0.1, -0.05) is 6.42 Å². The Morgan fingerprint density at radius 2 is 2.00 bits per heavy atom. The lowest BCUT2D eigenvalue weighted by Gasteiger charge is -2.51. The van der Waals surface area contributed by atoms with Gasteiger partial charge in [0.2, 0.25) is 0 Å². The van der Waals surface area contributed by atoms with Crippen molar-refractivity contribution in [1.82, 2.24) is 4.90 Å². The number of likely N-dealkylation sites (tertiary alicyclic amines) is 1. The zero-order valence-corrected chi connectivity index (χ0v) is 11.0. The maximum Gasteiger partial charge on any atom is 0.410 e. The molecule has 1 N–H and O–H groups in total. The third kappa shape index (κ3) is 2.57. The lowest BCUT2D eigenvalue weighted by molar-refractivity contribution is -0.0909. The number of rotatable bonds is 0. The molecule has 1 aliphatic carbocycles. The summed E-state index contributed by atoms with van der Waals surface area (Å²) < 4.78 is 5.32. The summed E-state index contributed by atoms with van der Waals surface area (Å²) in [5, 5.41) is 10.1. The normalized spacial score (nSPS) is 27.8. The smallest absolute Gasteiger partial charge is 0.410 e. The summed E-state index contributed by atoms with van der Waals surface area (Å²) >= 11 is 0. The highest BCUT2D eigenvalue weighted by molar-refractivity contribution is 5.68. The van der Waals surface area contributed by atoms with Crippen LogP contribution in [0.4, 0.5) is 4.79 Å². The van der Waals surface area contributed by atoms with Crippen LogP contribution in [0.25, 0.3) is 0 Å². The number of hydrogen-bond acceptors (Lipinski definition) is 3. The first-order valence-electron chi connectivity index (χ1n) is 6.48. The Kier molecular flexibility index (Phi) is 3.10. The van der Waals surface area contributed by atoms with E-state index in [1.54, 1.807) is 4.90 Å². The fourth-order valence-electron chi connectivity index (χ4n) is 2.72. The Labute approximate surface area is 103 Å². The van der Waals surface area contributed by atoms with E-state index in [9.17, 15) is 9.90 Å². The average molecular weight is 241 g/mol. The topological polar surface area (TPSA) is 49.8 Å². The molecule has 1 saturated heterocycles. The van der Waals surface area contributed by atoms with Crippen LogP contribution in [0.3, 0.4) is 0 Å². The average Bonchev–Trinajstić information content (AvgIpc) is 2.12. The van der Waals surface area contributed by atoms with Gasteiger partial charge in [0.25, 0.3) is 0 Å². The van der Waals surface area contributed by atoms with E-state index in [-0.39, 0.29) is 17.6 Å². The van der Waals surface area contributed by atoms with E-state index in [2.05, 4.69) is 0 Å². The number of amides is 1. The molecule has 1 saturated carbocycles. The van der Waals surface area contributed by atoms with Crippen LogP contribution in [-0.4, -0.2) is 40.9 Å². The minimum atomic E-state index is -0.465. The fourth-order valence-corrected chi connectivity index (χ4v) is 2.72. The van der Waals surface area contributed by atoms with E-state index in [1.165, 1.54) is 6.42 Å². The molecule has 4 heteroatoms. The van der Waals surface area contributed by atoms with Crippen molar-refractivity contribution in [2.24, 2.45) is 5.41 Å². The van der Waals surface area contributed by atoms with Crippen LogP contribution in [-0.2, 0) is 4.74 Å². The lowest BCUT2D eigenvalue weighted by atomic mass is 9.61. The third-order valence-corrected chi connectivity index (χ3v) is 3.98. The number of ether oxygens (including phenoxy) is 1. The zero-order valence-electron chi connectivity index (χ0n) is 11.0. The summed E-state index contributed by atoms with van der Waals surface area (Å²) in [7, 11) is 0. The molecule has 0 bridgehead atoms. The Balaban J connectivity index is 1.91. The molecule has 0 radical (unpaired) electrons. The minimum absolute atomic E-state index is 0.110. The van der Waals surface area contributed by atoms with Gasteiger partial charge >= 0.3 is 6.09 Å². The molecule has 0 aromatic carbocycles. The molecule has 1 atom stereocenters. The highest BCUT2D eigenvalue weighted by Crippen LogP contribution is 2.49. The second kappa shape index (κ2) is 4.16. The number of β-amino-alcohol motifs (C(OH)–C–C–N with tert-alkyl or cyclic N) is 1. The van der Waals surface area contributed by atoms with Crippen LogP contribution in [0.15, 0.2) is 0 Å². The minimum Gasteiger partial charge on any atom is -0.444 e. The summed E-state index contributed by atoms with van der Waals surface area (Å²) in [5.41, 5.74) is -0.355. The van der Waals surface area contributed by atoms with Gasteiger partial charge in [0.15, 0.2) is 0 Å². The van der Waals surface area contributed by atoms with E-state index in [0.717, 1.165) is 19.3 Å². The van der Waals surface area contributed by atoms with Crippen molar-refractivity contribution in [1.29, 1.82) is 0 Å². The first-order chi connectivity index (χ1) is 7.82. The standard InChI is InChI=1S/C13H23NO3/c1-12(2,3)17-11(16)14-8-7-13(5-4-6-13)10(15)9-14/h10,15H,4-9H2,1-3H3/t10-/m0/s1. The van der Waals surface area contributed by atoms with Gasteiger partial charge in [-0.3, -0.25) is 0 Å². The predicted molar refractivity (Wildman–Crippen MR) is 64.7 cm³/mol. The van der Waals surface area contributed by atoms with Gasteiger partial charge < -0.3 is 14.7 Å². The number of piperidine rings is 1. The highest BCUT2D eigenvalue weighted by Gasteiger charge is 2.47. The Morgan fingerprint density at radius 3 is 2.41 bits per heavy atom. The summed E-state index contributed by atoms with van der Waals surface area (Å²) in [6, 6.07) is 0. The van der Waals surface area contributed by atoms with Crippen molar-refractivity contribution in [3.05, 3.63) is 0 Å². The molecule has 98 valence electrons. The van der Waals surface area contributed by atoms with Crippen LogP contribution in [0.2, 0.25) is 0 Å². The maximum atomic E-state index is 11.9. The first-order valence-corrected chi connectivity index (χ1v) is 6.48. The van der Waals surface area contributed by atoms with Crippen molar-refractivity contribution >= 4 is 6.09 Å². The van der Waals surface area contributed by atoms with Gasteiger partial charge in [0, 0.05) is 6.54 Å². The van der Waals surface area contributed by atoms with Crippen LogP contribution >= 0.6 is 0 Å². The quantitative estimate of drug-likeness (QED) is 0.707. The largest absolute Gasteiger partial charge is 0.444 e. The summed E-state index contributed by atoms with van der Waals surface area (Å²) in [6.45, 7) is 6.72.